The third-order valence-corrected chi connectivity index (χ3v) is 5.00. The molecule has 0 aliphatic rings. The summed E-state index contributed by atoms with van der Waals surface area (Å²) >= 11 is 0. The number of benzene rings is 4. The number of fused-ring (bicyclic) bond motifs is 1. The zero-order valence-electron chi connectivity index (χ0n) is 19.8. The van der Waals surface area contributed by atoms with E-state index >= 15 is 0 Å². The molecule has 4 N–H and O–H groups in total. The quantitative estimate of drug-likeness (QED) is 0.115. The zero-order chi connectivity index (χ0) is 25.8. The molecule has 0 aromatic heterocycles. The van der Waals surface area contributed by atoms with Gasteiger partial charge >= 0.3 is 11.9 Å². The number of nitrogen functional groups attached to an aromatic ring is 2. The van der Waals surface area contributed by atoms with Gasteiger partial charge in [0, 0.05) is 17.5 Å². The Labute approximate surface area is 210 Å². The molecule has 4 aromatic carbocycles. The maximum absolute atomic E-state index is 12.0. The highest BCUT2D eigenvalue weighted by molar-refractivity contribution is 6.04. The van der Waals surface area contributed by atoms with Crippen LogP contribution in [0.5, 0.6) is 0 Å². The van der Waals surface area contributed by atoms with Crippen LogP contribution in [0.15, 0.2) is 104 Å². The summed E-state index contributed by atoms with van der Waals surface area (Å²) in [7, 11) is 0. The van der Waals surface area contributed by atoms with Crippen LogP contribution >= 0.6 is 0 Å². The largest absolute Gasteiger partial charge is 0.459 e. The minimum absolute atomic E-state index is 0.0152. The standard InChI is InChI=1S/C16H14O4.C14H14N2/c1-2-15(17)19-10-11-20-16(18)14-9-5-7-12-6-3-4-8-13(12)14;15-13-8-12(9-14(16)10-13)7-6-11-4-2-1-3-5-11/h2-9H,1,10-11H2;1-10H,15-16H2. The van der Waals surface area contributed by atoms with Crippen molar-refractivity contribution in [1.82, 2.24) is 0 Å². The Morgan fingerprint density at radius 2 is 1.33 bits per heavy atom. The van der Waals surface area contributed by atoms with E-state index in [1.807, 2.05) is 84.9 Å². The second-order valence-corrected chi connectivity index (χ2v) is 7.71. The molecule has 0 unspecified atom stereocenters. The Kier molecular flexibility index (Phi) is 9.42. The third kappa shape index (κ3) is 7.88. The van der Waals surface area contributed by atoms with E-state index in [1.165, 1.54) is 0 Å². The van der Waals surface area contributed by atoms with Gasteiger partial charge in [-0.25, -0.2) is 9.59 Å². The number of anilines is 2. The monoisotopic (exact) mass is 480 g/mol. The van der Waals surface area contributed by atoms with E-state index < -0.39 is 11.9 Å². The van der Waals surface area contributed by atoms with Crippen molar-refractivity contribution in [2.45, 2.75) is 0 Å². The van der Waals surface area contributed by atoms with Gasteiger partial charge in [0.25, 0.3) is 0 Å². The van der Waals surface area contributed by atoms with Crippen molar-refractivity contribution in [3.8, 4) is 0 Å². The molecule has 0 spiro atoms. The van der Waals surface area contributed by atoms with Crippen molar-refractivity contribution < 1.29 is 19.1 Å². The summed E-state index contributed by atoms with van der Waals surface area (Å²) in [4.78, 5) is 22.8. The Bertz CT molecular complexity index is 1340. The summed E-state index contributed by atoms with van der Waals surface area (Å²) in [6, 6.07) is 28.7. The second-order valence-electron chi connectivity index (χ2n) is 7.71. The fourth-order valence-electron chi connectivity index (χ4n) is 3.37. The molecule has 0 bridgehead atoms. The number of hydrogen-bond donors (Lipinski definition) is 2. The number of carbonyl (C=O) groups is 2. The molecule has 0 amide bonds. The van der Waals surface area contributed by atoms with Crippen LogP contribution in [0.1, 0.15) is 21.5 Å². The molecule has 0 aliphatic heterocycles. The highest BCUT2D eigenvalue weighted by Crippen LogP contribution is 2.19. The van der Waals surface area contributed by atoms with Gasteiger partial charge in [0.1, 0.15) is 13.2 Å². The van der Waals surface area contributed by atoms with Gasteiger partial charge in [-0.3, -0.25) is 0 Å². The highest BCUT2D eigenvalue weighted by atomic mass is 16.6. The Hall–Kier alpha value is -4.84. The number of hydrogen-bond acceptors (Lipinski definition) is 6. The van der Waals surface area contributed by atoms with Crippen molar-refractivity contribution in [2.24, 2.45) is 0 Å². The molecule has 6 nitrogen and oxygen atoms in total. The maximum atomic E-state index is 12.0. The fourth-order valence-corrected chi connectivity index (χ4v) is 3.37. The van der Waals surface area contributed by atoms with Gasteiger partial charge in [0.05, 0.1) is 5.56 Å². The summed E-state index contributed by atoms with van der Waals surface area (Å²) in [6.07, 6.45) is 5.10. The predicted octanol–water partition coefficient (Wildman–Crippen LogP) is 5.75. The van der Waals surface area contributed by atoms with Gasteiger partial charge in [-0.2, -0.15) is 0 Å². The van der Waals surface area contributed by atoms with Crippen molar-refractivity contribution in [3.05, 3.63) is 120 Å². The lowest BCUT2D eigenvalue weighted by molar-refractivity contribution is -0.138. The molecule has 0 saturated heterocycles. The predicted molar refractivity (Wildman–Crippen MR) is 146 cm³/mol. The average Bonchev–Trinajstić information content (AvgIpc) is 2.90. The topological polar surface area (TPSA) is 105 Å². The molecule has 0 atom stereocenters. The van der Waals surface area contributed by atoms with Crippen molar-refractivity contribution in [2.75, 3.05) is 24.7 Å². The normalized spacial score (nSPS) is 10.3. The minimum Gasteiger partial charge on any atom is -0.459 e. The summed E-state index contributed by atoms with van der Waals surface area (Å²) in [6.45, 7) is 3.30. The molecule has 0 aliphatic carbocycles. The van der Waals surface area contributed by atoms with Crippen LogP contribution in [0.2, 0.25) is 0 Å². The van der Waals surface area contributed by atoms with Crippen LogP contribution in [0.3, 0.4) is 0 Å². The summed E-state index contributed by atoms with van der Waals surface area (Å²) < 4.78 is 9.81. The smallest absolute Gasteiger partial charge is 0.338 e. The first-order chi connectivity index (χ1) is 17.5. The van der Waals surface area contributed by atoms with Gasteiger partial charge in [-0.15, -0.1) is 0 Å². The lowest BCUT2D eigenvalue weighted by Crippen LogP contribution is -2.13. The highest BCUT2D eigenvalue weighted by Gasteiger charge is 2.11. The molecule has 0 fully saturated rings. The maximum Gasteiger partial charge on any atom is 0.338 e. The van der Waals surface area contributed by atoms with Gasteiger partial charge in [-0.05, 0) is 46.2 Å². The van der Waals surface area contributed by atoms with Crippen LogP contribution in [-0.2, 0) is 14.3 Å². The lowest BCUT2D eigenvalue weighted by atomic mass is 10.1. The molecular formula is C30H28N2O4. The molecule has 182 valence electrons. The van der Waals surface area contributed by atoms with Crippen LogP contribution < -0.4 is 11.5 Å². The Morgan fingerprint density at radius 1 is 0.722 bits per heavy atom. The molecule has 36 heavy (non-hydrogen) atoms. The summed E-state index contributed by atoms with van der Waals surface area (Å²) in [5, 5.41) is 1.81. The van der Waals surface area contributed by atoms with E-state index in [4.69, 9.17) is 20.9 Å². The Balaban J connectivity index is 0.000000205. The van der Waals surface area contributed by atoms with E-state index in [1.54, 1.807) is 18.2 Å². The first-order valence-electron chi connectivity index (χ1n) is 11.3. The van der Waals surface area contributed by atoms with Gasteiger partial charge in [0.15, 0.2) is 0 Å². The van der Waals surface area contributed by atoms with E-state index in [9.17, 15) is 9.59 Å². The van der Waals surface area contributed by atoms with Gasteiger partial charge < -0.3 is 20.9 Å². The van der Waals surface area contributed by atoms with Gasteiger partial charge in [0.2, 0.25) is 0 Å². The first-order valence-corrected chi connectivity index (χ1v) is 11.3. The fraction of sp³-hybridized carbons (Fsp3) is 0.0667. The average molecular weight is 481 g/mol. The molecular weight excluding hydrogens is 452 g/mol. The van der Waals surface area contributed by atoms with Crippen LogP contribution in [-0.4, -0.2) is 25.2 Å². The molecule has 0 saturated carbocycles. The molecule has 6 heteroatoms. The summed E-state index contributed by atoms with van der Waals surface area (Å²) in [5.41, 5.74) is 15.5. The number of ether oxygens (including phenoxy) is 2. The van der Waals surface area contributed by atoms with Crippen molar-refractivity contribution >= 4 is 46.2 Å². The van der Waals surface area contributed by atoms with E-state index in [2.05, 4.69) is 6.58 Å². The number of rotatable bonds is 7. The second kappa shape index (κ2) is 13.2. The summed E-state index contributed by atoms with van der Waals surface area (Å²) in [5.74, 6) is -0.970. The SMILES string of the molecule is C=CC(=O)OCCOC(=O)c1cccc2ccccc12.Nc1cc(N)cc(C=Cc2ccccc2)c1. The molecule has 4 rings (SSSR count). The van der Waals surface area contributed by atoms with Gasteiger partial charge in [-0.1, -0.05) is 85.5 Å². The van der Waals surface area contributed by atoms with Crippen LogP contribution in [0.4, 0.5) is 11.4 Å². The van der Waals surface area contributed by atoms with E-state index in [0.717, 1.165) is 28.0 Å². The Morgan fingerprint density at radius 3 is 2.06 bits per heavy atom. The molecule has 0 heterocycles. The third-order valence-electron chi connectivity index (χ3n) is 5.00. The lowest BCUT2D eigenvalue weighted by Gasteiger charge is -2.07. The van der Waals surface area contributed by atoms with E-state index in [-0.39, 0.29) is 13.2 Å². The molecule has 0 radical (unpaired) electrons. The number of carbonyl (C=O) groups excluding carboxylic acids is 2. The minimum atomic E-state index is -0.536. The molecule has 4 aromatic rings. The van der Waals surface area contributed by atoms with Crippen molar-refractivity contribution in [3.63, 3.8) is 0 Å². The first kappa shape index (κ1) is 25.8. The van der Waals surface area contributed by atoms with Crippen LogP contribution in [0.25, 0.3) is 22.9 Å². The number of nitrogens with two attached hydrogens (primary N) is 2. The van der Waals surface area contributed by atoms with Crippen molar-refractivity contribution in [1.29, 1.82) is 0 Å². The van der Waals surface area contributed by atoms with E-state index in [0.29, 0.717) is 16.9 Å². The van der Waals surface area contributed by atoms with Crippen LogP contribution in [0, 0.1) is 0 Å². The zero-order valence-corrected chi connectivity index (χ0v) is 19.8. The number of esters is 2.